The third-order valence-electron chi connectivity index (χ3n) is 4.01. The predicted octanol–water partition coefficient (Wildman–Crippen LogP) is 4.13. The summed E-state index contributed by atoms with van der Waals surface area (Å²) in [6, 6.07) is 16.4. The summed E-state index contributed by atoms with van der Waals surface area (Å²) in [6.07, 6.45) is 0. The molecule has 2 nitrogen and oxygen atoms in total. The molecule has 3 rings (SSSR count). The minimum atomic E-state index is -0.213. The number of piperazine rings is 1. The van der Waals surface area contributed by atoms with E-state index in [2.05, 4.69) is 57.3 Å². The fraction of sp³-hybridized carbons (Fsp3) is 0.294. The molecule has 4 heteroatoms. The van der Waals surface area contributed by atoms with Gasteiger partial charge in [-0.3, -0.25) is 0 Å². The van der Waals surface area contributed by atoms with Crippen LogP contribution in [0.3, 0.4) is 0 Å². The summed E-state index contributed by atoms with van der Waals surface area (Å²) in [5, 5.41) is 3.57. The second-order valence-corrected chi connectivity index (χ2v) is 6.33. The molecule has 0 bridgehead atoms. The van der Waals surface area contributed by atoms with Gasteiger partial charge >= 0.3 is 0 Å². The number of rotatable bonds is 2. The largest absolute Gasteiger partial charge is 0.366 e. The van der Waals surface area contributed by atoms with Crippen LogP contribution in [0.4, 0.5) is 10.1 Å². The van der Waals surface area contributed by atoms with Gasteiger partial charge < -0.3 is 10.2 Å². The maximum Gasteiger partial charge on any atom is 0.139 e. The minimum Gasteiger partial charge on any atom is -0.366 e. The Balaban J connectivity index is 1.85. The maximum absolute atomic E-state index is 13.8. The molecule has 2 atom stereocenters. The minimum absolute atomic E-state index is 0.213. The lowest BCUT2D eigenvalue weighted by Gasteiger charge is -2.40. The van der Waals surface area contributed by atoms with Crippen molar-refractivity contribution in [1.82, 2.24) is 5.32 Å². The molecule has 0 amide bonds. The van der Waals surface area contributed by atoms with E-state index < -0.39 is 0 Å². The lowest BCUT2D eigenvalue weighted by Crippen LogP contribution is -2.51. The highest BCUT2D eigenvalue weighted by Gasteiger charge is 2.26. The first-order valence-corrected chi connectivity index (χ1v) is 7.94. The quantitative estimate of drug-likeness (QED) is 0.877. The molecule has 0 radical (unpaired) electrons. The zero-order chi connectivity index (χ0) is 14.8. The van der Waals surface area contributed by atoms with E-state index in [4.69, 9.17) is 0 Å². The lowest BCUT2D eigenvalue weighted by molar-refractivity contribution is 0.414. The molecule has 2 aromatic rings. The van der Waals surface area contributed by atoms with Gasteiger partial charge in [-0.25, -0.2) is 4.39 Å². The highest BCUT2D eigenvalue weighted by Crippen LogP contribution is 2.28. The summed E-state index contributed by atoms with van der Waals surface area (Å²) < 4.78 is 14.3. The average molecular weight is 349 g/mol. The summed E-state index contributed by atoms with van der Waals surface area (Å²) in [5.41, 5.74) is 2.21. The fourth-order valence-corrected chi connectivity index (χ4v) is 3.04. The van der Waals surface area contributed by atoms with E-state index >= 15 is 0 Å². The Morgan fingerprint density at radius 1 is 1.19 bits per heavy atom. The van der Waals surface area contributed by atoms with Crippen LogP contribution in [0, 0.1) is 5.82 Å². The van der Waals surface area contributed by atoms with Gasteiger partial charge in [0.05, 0.1) is 4.47 Å². The predicted molar refractivity (Wildman–Crippen MR) is 88.1 cm³/mol. The van der Waals surface area contributed by atoms with E-state index in [-0.39, 0.29) is 11.9 Å². The van der Waals surface area contributed by atoms with E-state index in [0.29, 0.717) is 10.5 Å². The van der Waals surface area contributed by atoms with E-state index in [1.807, 2.05) is 12.1 Å². The highest BCUT2D eigenvalue weighted by molar-refractivity contribution is 9.10. The van der Waals surface area contributed by atoms with Gasteiger partial charge in [0.2, 0.25) is 0 Å². The van der Waals surface area contributed by atoms with Crippen LogP contribution < -0.4 is 10.2 Å². The van der Waals surface area contributed by atoms with Crippen LogP contribution in [0.5, 0.6) is 0 Å². The SMILES string of the molecule is CC1CNC(c2ccccc2)CN1c1ccc(Br)c(F)c1. The zero-order valence-electron chi connectivity index (χ0n) is 11.9. The first kappa shape index (κ1) is 14.5. The molecule has 0 aliphatic carbocycles. The van der Waals surface area contributed by atoms with E-state index in [1.54, 1.807) is 12.1 Å². The van der Waals surface area contributed by atoms with Gasteiger partial charge in [-0.15, -0.1) is 0 Å². The third-order valence-corrected chi connectivity index (χ3v) is 4.65. The van der Waals surface area contributed by atoms with Crippen molar-refractivity contribution in [2.45, 2.75) is 19.0 Å². The first-order chi connectivity index (χ1) is 10.1. The Hall–Kier alpha value is -1.39. The van der Waals surface area contributed by atoms with Crippen molar-refractivity contribution in [3.8, 4) is 0 Å². The van der Waals surface area contributed by atoms with Gasteiger partial charge in [0.25, 0.3) is 0 Å². The topological polar surface area (TPSA) is 15.3 Å². The monoisotopic (exact) mass is 348 g/mol. The Kier molecular flexibility index (Phi) is 4.27. The van der Waals surface area contributed by atoms with E-state index in [1.165, 1.54) is 5.56 Å². The molecule has 1 aliphatic heterocycles. The number of halogens is 2. The summed E-state index contributed by atoms with van der Waals surface area (Å²) in [7, 11) is 0. The summed E-state index contributed by atoms with van der Waals surface area (Å²) >= 11 is 3.21. The Bertz CT molecular complexity index is 617. The van der Waals surface area contributed by atoms with Gasteiger partial charge in [0.15, 0.2) is 0 Å². The number of hydrogen-bond acceptors (Lipinski definition) is 2. The van der Waals surface area contributed by atoms with Crippen molar-refractivity contribution in [2.24, 2.45) is 0 Å². The van der Waals surface area contributed by atoms with Crippen molar-refractivity contribution in [3.63, 3.8) is 0 Å². The lowest BCUT2D eigenvalue weighted by atomic mass is 10.0. The highest BCUT2D eigenvalue weighted by atomic mass is 79.9. The van der Waals surface area contributed by atoms with Crippen LogP contribution >= 0.6 is 15.9 Å². The average Bonchev–Trinajstić information content (AvgIpc) is 2.51. The molecule has 0 aromatic heterocycles. The molecule has 1 heterocycles. The molecular formula is C17H18BrFN2. The number of nitrogens with one attached hydrogen (secondary N) is 1. The number of benzene rings is 2. The van der Waals surface area contributed by atoms with Crippen molar-refractivity contribution >= 4 is 21.6 Å². The summed E-state index contributed by atoms with van der Waals surface area (Å²) in [6.45, 7) is 3.89. The standard InChI is InChI=1S/C17H18BrFN2/c1-12-10-20-17(13-5-3-2-4-6-13)11-21(12)14-7-8-15(18)16(19)9-14/h2-9,12,17,20H,10-11H2,1H3. The summed E-state index contributed by atoms with van der Waals surface area (Å²) in [5.74, 6) is -0.213. The van der Waals surface area contributed by atoms with Crippen LogP contribution in [-0.2, 0) is 0 Å². The molecular weight excluding hydrogens is 331 g/mol. The number of anilines is 1. The number of nitrogens with zero attached hydrogens (tertiary/aromatic N) is 1. The van der Waals surface area contributed by atoms with Crippen molar-refractivity contribution < 1.29 is 4.39 Å². The molecule has 0 spiro atoms. The van der Waals surface area contributed by atoms with Gasteiger partial charge in [-0.1, -0.05) is 30.3 Å². The smallest absolute Gasteiger partial charge is 0.139 e. The van der Waals surface area contributed by atoms with Crippen LogP contribution in [0.2, 0.25) is 0 Å². The molecule has 1 saturated heterocycles. The Labute approximate surface area is 133 Å². The van der Waals surface area contributed by atoms with E-state index in [9.17, 15) is 4.39 Å². The van der Waals surface area contributed by atoms with Crippen LogP contribution in [0.1, 0.15) is 18.5 Å². The second-order valence-electron chi connectivity index (χ2n) is 5.47. The van der Waals surface area contributed by atoms with Crippen LogP contribution in [0.15, 0.2) is 53.0 Å². The van der Waals surface area contributed by atoms with Crippen molar-refractivity contribution in [2.75, 3.05) is 18.0 Å². The molecule has 2 aromatic carbocycles. The van der Waals surface area contributed by atoms with Gasteiger partial charge in [0, 0.05) is 30.9 Å². The van der Waals surface area contributed by atoms with Crippen LogP contribution in [0.25, 0.3) is 0 Å². The number of hydrogen-bond donors (Lipinski definition) is 1. The maximum atomic E-state index is 13.8. The Morgan fingerprint density at radius 2 is 1.95 bits per heavy atom. The molecule has 110 valence electrons. The molecule has 21 heavy (non-hydrogen) atoms. The normalized spacial score (nSPS) is 22.3. The summed E-state index contributed by atoms with van der Waals surface area (Å²) in [4.78, 5) is 2.27. The van der Waals surface area contributed by atoms with E-state index in [0.717, 1.165) is 18.8 Å². The second kappa shape index (κ2) is 6.16. The van der Waals surface area contributed by atoms with Crippen LogP contribution in [-0.4, -0.2) is 19.1 Å². The van der Waals surface area contributed by atoms with Crippen molar-refractivity contribution in [3.05, 3.63) is 64.4 Å². The molecule has 1 aliphatic rings. The molecule has 1 fully saturated rings. The van der Waals surface area contributed by atoms with Gasteiger partial charge in [-0.2, -0.15) is 0 Å². The first-order valence-electron chi connectivity index (χ1n) is 7.15. The van der Waals surface area contributed by atoms with Gasteiger partial charge in [0.1, 0.15) is 5.82 Å². The Morgan fingerprint density at radius 3 is 2.67 bits per heavy atom. The molecule has 2 unspecified atom stereocenters. The zero-order valence-corrected chi connectivity index (χ0v) is 13.5. The molecule has 0 saturated carbocycles. The molecule has 1 N–H and O–H groups in total. The van der Waals surface area contributed by atoms with Gasteiger partial charge in [-0.05, 0) is 46.6 Å². The third kappa shape index (κ3) is 3.11. The fourth-order valence-electron chi connectivity index (χ4n) is 2.80. The van der Waals surface area contributed by atoms with Crippen molar-refractivity contribution in [1.29, 1.82) is 0 Å².